The second-order valence-corrected chi connectivity index (χ2v) is 5.35. The molecule has 0 saturated carbocycles. The first-order chi connectivity index (χ1) is 7.60. The summed E-state index contributed by atoms with van der Waals surface area (Å²) in [5, 5.41) is 13.8. The van der Waals surface area contributed by atoms with Crippen molar-refractivity contribution in [3.8, 4) is 5.75 Å². The summed E-state index contributed by atoms with van der Waals surface area (Å²) in [6, 6.07) is 4.55. The van der Waals surface area contributed by atoms with Gasteiger partial charge >= 0.3 is 0 Å². The van der Waals surface area contributed by atoms with Gasteiger partial charge < -0.3 is 10.1 Å². The zero-order chi connectivity index (χ0) is 11.8. The van der Waals surface area contributed by atoms with Gasteiger partial charge in [-0.1, -0.05) is 23.5 Å². The number of ether oxygens (including phenoxy) is 1. The molecule has 5 nitrogen and oxygen atoms in total. The number of anilines is 1. The normalized spacial score (nSPS) is 16.1. The van der Waals surface area contributed by atoms with Crippen LogP contribution in [0.1, 0.15) is 0 Å². The SMILES string of the molecule is CSC1(SC)Nc2cc([N+](=O)[O-])ccc2O1. The molecule has 86 valence electrons. The third-order valence-corrected chi connectivity index (χ3v) is 4.69. The van der Waals surface area contributed by atoms with Crippen molar-refractivity contribution < 1.29 is 9.66 Å². The van der Waals surface area contributed by atoms with Gasteiger partial charge in [-0.15, -0.1) is 0 Å². The van der Waals surface area contributed by atoms with Crippen LogP contribution in [0.3, 0.4) is 0 Å². The van der Waals surface area contributed by atoms with Gasteiger partial charge in [0.05, 0.1) is 10.6 Å². The molecule has 2 rings (SSSR count). The van der Waals surface area contributed by atoms with Crippen LogP contribution < -0.4 is 10.1 Å². The number of hydrogen-bond donors (Lipinski definition) is 1. The Hall–Kier alpha value is -1.08. The molecule has 0 radical (unpaired) electrons. The zero-order valence-electron chi connectivity index (χ0n) is 8.72. The fourth-order valence-corrected chi connectivity index (χ4v) is 2.86. The van der Waals surface area contributed by atoms with Gasteiger partial charge in [-0.05, 0) is 18.6 Å². The highest BCUT2D eigenvalue weighted by Crippen LogP contribution is 2.47. The first-order valence-corrected chi connectivity index (χ1v) is 6.91. The number of nitrogens with zero attached hydrogens (tertiary/aromatic N) is 1. The number of nitrogens with one attached hydrogen (secondary N) is 1. The minimum atomic E-state index is -0.572. The van der Waals surface area contributed by atoms with Crippen LogP contribution in [0.2, 0.25) is 0 Å². The molecular weight excluding hydrogens is 248 g/mol. The zero-order valence-corrected chi connectivity index (χ0v) is 10.4. The molecule has 0 atom stereocenters. The molecule has 0 aromatic heterocycles. The number of nitro groups is 1. The van der Waals surface area contributed by atoms with Crippen LogP contribution in [0, 0.1) is 10.1 Å². The number of hydrogen-bond acceptors (Lipinski definition) is 6. The summed E-state index contributed by atoms with van der Waals surface area (Å²) in [6.45, 7) is 0. The Balaban J connectivity index is 2.34. The molecule has 0 unspecified atom stereocenters. The van der Waals surface area contributed by atoms with Crippen molar-refractivity contribution in [1.29, 1.82) is 0 Å². The van der Waals surface area contributed by atoms with E-state index in [-0.39, 0.29) is 5.69 Å². The number of rotatable bonds is 3. The van der Waals surface area contributed by atoms with Gasteiger partial charge in [-0.3, -0.25) is 10.1 Å². The second-order valence-electron chi connectivity index (χ2n) is 3.13. The average Bonchev–Trinajstić information content (AvgIpc) is 2.67. The molecule has 0 bridgehead atoms. The molecule has 0 spiro atoms. The predicted octanol–water partition coefficient (Wildman–Crippen LogP) is 2.74. The second kappa shape index (κ2) is 4.06. The van der Waals surface area contributed by atoms with E-state index < -0.39 is 9.31 Å². The Morgan fingerprint density at radius 2 is 2.12 bits per heavy atom. The summed E-state index contributed by atoms with van der Waals surface area (Å²) in [5.74, 6) is 0.648. The van der Waals surface area contributed by atoms with Crippen LogP contribution in [0.15, 0.2) is 18.2 Å². The maximum absolute atomic E-state index is 10.6. The van der Waals surface area contributed by atoms with E-state index in [0.29, 0.717) is 11.4 Å². The van der Waals surface area contributed by atoms with E-state index in [1.807, 2.05) is 12.5 Å². The Labute approximate surface area is 101 Å². The van der Waals surface area contributed by atoms with Crippen LogP contribution in [0.25, 0.3) is 0 Å². The lowest BCUT2D eigenvalue weighted by molar-refractivity contribution is -0.384. The molecule has 1 heterocycles. The Morgan fingerprint density at radius 1 is 1.44 bits per heavy atom. The van der Waals surface area contributed by atoms with Crippen molar-refractivity contribution >= 4 is 34.9 Å². The Kier molecular flexibility index (Phi) is 2.90. The minimum Gasteiger partial charge on any atom is -0.447 e. The van der Waals surface area contributed by atoms with Gasteiger partial charge in [0.25, 0.3) is 10.1 Å². The Bertz CT molecular complexity index is 435. The molecule has 1 N–H and O–H groups in total. The van der Waals surface area contributed by atoms with Crippen molar-refractivity contribution in [2.45, 2.75) is 4.39 Å². The summed E-state index contributed by atoms with van der Waals surface area (Å²) in [4.78, 5) is 10.2. The van der Waals surface area contributed by atoms with Crippen LogP contribution in [0.5, 0.6) is 5.75 Å². The van der Waals surface area contributed by atoms with E-state index in [2.05, 4.69) is 5.32 Å². The fraction of sp³-hybridized carbons (Fsp3) is 0.333. The van der Waals surface area contributed by atoms with Crippen molar-refractivity contribution in [2.75, 3.05) is 17.8 Å². The largest absolute Gasteiger partial charge is 0.447 e. The highest BCUT2D eigenvalue weighted by molar-refractivity contribution is 8.17. The van der Waals surface area contributed by atoms with Crippen molar-refractivity contribution in [3.05, 3.63) is 28.3 Å². The van der Waals surface area contributed by atoms with Gasteiger partial charge in [-0.25, -0.2) is 0 Å². The molecule has 0 amide bonds. The Morgan fingerprint density at radius 3 is 2.69 bits per heavy atom. The average molecular weight is 258 g/mol. The van der Waals surface area contributed by atoms with Gasteiger partial charge in [0.15, 0.2) is 0 Å². The van der Waals surface area contributed by atoms with Crippen LogP contribution in [-0.4, -0.2) is 21.8 Å². The number of nitro benzene ring substituents is 1. The van der Waals surface area contributed by atoms with Crippen molar-refractivity contribution in [1.82, 2.24) is 0 Å². The smallest absolute Gasteiger partial charge is 0.278 e. The third kappa shape index (κ3) is 1.80. The molecule has 1 aromatic carbocycles. The summed E-state index contributed by atoms with van der Waals surface area (Å²) >= 11 is 3.02. The minimum absolute atomic E-state index is 0.0628. The van der Waals surface area contributed by atoms with Gasteiger partial charge in [-0.2, -0.15) is 0 Å². The van der Waals surface area contributed by atoms with Crippen LogP contribution in [0.4, 0.5) is 11.4 Å². The number of benzene rings is 1. The lowest BCUT2D eigenvalue weighted by atomic mass is 10.2. The van der Waals surface area contributed by atoms with E-state index in [0.717, 1.165) is 0 Å². The molecule has 1 aromatic rings. The summed E-state index contributed by atoms with van der Waals surface area (Å²) in [7, 11) is 0. The molecule has 7 heteroatoms. The number of thioether (sulfide) groups is 2. The predicted molar refractivity (Wildman–Crippen MR) is 67.1 cm³/mol. The molecule has 16 heavy (non-hydrogen) atoms. The van der Waals surface area contributed by atoms with E-state index >= 15 is 0 Å². The standard InChI is InChI=1S/C9H10N2O3S2/c1-15-9(16-2)10-7-5-6(11(12)13)3-4-8(7)14-9/h3-5,10H,1-2H3. The van der Waals surface area contributed by atoms with Crippen LogP contribution in [-0.2, 0) is 0 Å². The summed E-state index contributed by atoms with van der Waals surface area (Å²) in [6.07, 6.45) is 3.84. The third-order valence-electron chi connectivity index (χ3n) is 2.24. The molecule has 0 aliphatic carbocycles. The van der Waals surface area contributed by atoms with E-state index in [9.17, 15) is 10.1 Å². The van der Waals surface area contributed by atoms with Crippen molar-refractivity contribution in [2.24, 2.45) is 0 Å². The lowest BCUT2D eigenvalue weighted by Crippen LogP contribution is -2.31. The number of fused-ring (bicyclic) bond motifs is 1. The molecular formula is C9H10N2O3S2. The number of non-ortho nitro benzene ring substituents is 1. The monoisotopic (exact) mass is 258 g/mol. The lowest BCUT2D eigenvalue weighted by Gasteiger charge is -2.23. The maximum Gasteiger partial charge on any atom is 0.278 e. The summed E-state index contributed by atoms with van der Waals surface area (Å²) in [5.41, 5.74) is 0.728. The van der Waals surface area contributed by atoms with E-state index in [1.54, 1.807) is 6.07 Å². The van der Waals surface area contributed by atoms with Crippen LogP contribution >= 0.6 is 23.5 Å². The van der Waals surface area contributed by atoms with E-state index in [4.69, 9.17) is 4.74 Å². The fourth-order valence-electron chi connectivity index (χ4n) is 1.42. The summed E-state index contributed by atoms with van der Waals surface area (Å²) < 4.78 is 5.15. The quantitative estimate of drug-likeness (QED) is 0.511. The maximum atomic E-state index is 10.6. The van der Waals surface area contributed by atoms with Gasteiger partial charge in [0, 0.05) is 12.1 Å². The van der Waals surface area contributed by atoms with Gasteiger partial charge in [0.2, 0.25) is 0 Å². The molecule has 1 aliphatic heterocycles. The molecule has 0 saturated heterocycles. The topological polar surface area (TPSA) is 64.4 Å². The molecule has 0 fully saturated rings. The molecule has 1 aliphatic rings. The first kappa shape index (κ1) is 11.4. The first-order valence-electron chi connectivity index (χ1n) is 4.46. The van der Waals surface area contributed by atoms with Gasteiger partial charge in [0.1, 0.15) is 5.75 Å². The highest BCUT2D eigenvalue weighted by atomic mass is 32.2. The van der Waals surface area contributed by atoms with E-state index in [1.165, 1.54) is 35.7 Å². The van der Waals surface area contributed by atoms with Crippen molar-refractivity contribution in [3.63, 3.8) is 0 Å². The highest BCUT2D eigenvalue weighted by Gasteiger charge is 2.38.